The highest BCUT2D eigenvalue weighted by molar-refractivity contribution is 4.77. The smallest absolute Gasteiger partial charge is 0.00672 e. The lowest BCUT2D eigenvalue weighted by Crippen LogP contribution is -2.39. The van der Waals surface area contributed by atoms with Crippen molar-refractivity contribution in [3.63, 3.8) is 0 Å². The van der Waals surface area contributed by atoms with Gasteiger partial charge in [-0.3, -0.25) is 0 Å². The van der Waals surface area contributed by atoms with Crippen LogP contribution >= 0.6 is 0 Å². The molecule has 2 N–H and O–H groups in total. The third-order valence-electron chi connectivity index (χ3n) is 2.41. The fraction of sp³-hybridized carbons (Fsp3) is 1.00. The molecule has 1 saturated carbocycles. The van der Waals surface area contributed by atoms with E-state index < -0.39 is 0 Å². The van der Waals surface area contributed by atoms with Crippen molar-refractivity contribution in [2.24, 2.45) is 5.92 Å². The van der Waals surface area contributed by atoms with Crippen LogP contribution in [0.3, 0.4) is 0 Å². The highest BCUT2D eigenvalue weighted by Gasteiger charge is 2.16. The maximum absolute atomic E-state index is 3.56. The highest BCUT2D eigenvalue weighted by atomic mass is 14.9. The summed E-state index contributed by atoms with van der Waals surface area (Å²) in [5, 5.41) is 6.75. The van der Waals surface area contributed by atoms with Gasteiger partial charge in [-0.15, -0.1) is 0 Å². The summed E-state index contributed by atoms with van der Waals surface area (Å²) in [6.45, 7) is 4.58. The standard InChI is InChI=1S/C9H20N2/c1-8(6-10-2)7-11-9-4-3-5-9/h8-11H,3-7H2,1-2H3. The molecule has 0 amide bonds. The molecule has 2 heteroatoms. The zero-order valence-electron chi connectivity index (χ0n) is 7.69. The molecule has 0 saturated heterocycles. The Balaban J connectivity index is 1.92. The zero-order valence-corrected chi connectivity index (χ0v) is 7.69. The molecule has 0 aliphatic heterocycles. The van der Waals surface area contributed by atoms with E-state index in [4.69, 9.17) is 0 Å². The van der Waals surface area contributed by atoms with Crippen molar-refractivity contribution in [3.05, 3.63) is 0 Å². The van der Waals surface area contributed by atoms with Crippen LogP contribution in [-0.4, -0.2) is 26.2 Å². The van der Waals surface area contributed by atoms with E-state index in [0.29, 0.717) is 0 Å². The second-order valence-corrected chi connectivity index (χ2v) is 3.70. The fourth-order valence-corrected chi connectivity index (χ4v) is 1.40. The molecule has 0 aromatic rings. The first-order valence-corrected chi connectivity index (χ1v) is 4.71. The van der Waals surface area contributed by atoms with E-state index in [1.54, 1.807) is 0 Å². The molecule has 1 rings (SSSR count). The minimum absolute atomic E-state index is 0.764. The minimum atomic E-state index is 0.764. The monoisotopic (exact) mass is 156 g/mol. The lowest BCUT2D eigenvalue weighted by atomic mass is 9.93. The maximum atomic E-state index is 3.56. The predicted octanol–water partition coefficient (Wildman–Crippen LogP) is 0.984. The van der Waals surface area contributed by atoms with E-state index in [1.165, 1.54) is 25.8 Å². The van der Waals surface area contributed by atoms with Crippen molar-refractivity contribution in [2.75, 3.05) is 20.1 Å². The molecular formula is C9H20N2. The first kappa shape index (κ1) is 9.01. The van der Waals surface area contributed by atoms with Crippen molar-refractivity contribution in [1.29, 1.82) is 0 Å². The van der Waals surface area contributed by atoms with Crippen LogP contribution in [0.5, 0.6) is 0 Å². The first-order valence-electron chi connectivity index (χ1n) is 4.71. The van der Waals surface area contributed by atoms with Crippen LogP contribution in [0.1, 0.15) is 26.2 Å². The Labute approximate surface area is 69.8 Å². The minimum Gasteiger partial charge on any atom is -0.319 e. The van der Waals surface area contributed by atoms with E-state index >= 15 is 0 Å². The Hall–Kier alpha value is -0.0800. The van der Waals surface area contributed by atoms with Crippen molar-refractivity contribution in [2.45, 2.75) is 32.2 Å². The van der Waals surface area contributed by atoms with Gasteiger partial charge in [0.2, 0.25) is 0 Å². The van der Waals surface area contributed by atoms with Crippen LogP contribution in [0.4, 0.5) is 0 Å². The summed E-state index contributed by atoms with van der Waals surface area (Å²) in [6.07, 6.45) is 4.22. The number of nitrogens with one attached hydrogen (secondary N) is 2. The SMILES string of the molecule is CNCC(C)CNC1CCC1. The van der Waals surface area contributed by atoms with Gasteiger partial charge in [0.15, 0.2) is 0 Å². The normalized spacial score (nSPS) is 21.3. The summed E-state index contributed by atoms with van der Waals surface area (Å²) in [4.78, 5) is 0. The zero-order chi connectivity index (χ0) is 8.10. The number of hydrogen-bond donors (Lipinski definition) is 2. The topological polar surface area (TPSA) is 24.1 Å². The van der Waals surface area contributed by atoms with Gasteiger partial charge < -0.3 is 10.6 Å². The van der Waals surface area contributed by atoms with Gasteiger partial charge in [-0.25, -0.2) is 0 Å². The Kier molecular flexibility index (Phi) is 3.87. The van der Waals surface area contributed by atoms with Crippen molar-refractivity contribution in [1.82, 2.24) is 10.6 Å². The van der Waals surface area contributed by atoms with Gasteiger partial charge >= 0.3 is 0 Å². The van der Waals surface area contributed by atoms with E-state index in [-0.39, 0.29) is 0 Å². The van der Waals surface area contributed by atoms with E-state index in [2.05, 4.69) is 17.6 Å². The molecule has 0 bridgehead atoms. The van der Waals surface area contributed by atoms with Crippen molar-refractivity contribution in [3.8, 4) is 0 Å². The molecule has 11 heavy (non-hydrogen) atoms. The Bertz CT molecular complexity index is 99.7. The summed E-state index contributed by atoms with van der Waals surface area (Å²) in [6, 6.07) is 0.842. The molecule has 2 nitrogen and oxygen atoms in total. The van der Waals surface area contributed by atoms with Gasteiger partial charge in [0.25, 0.3) is 0 Å². The average Bonchev–Trinajstić information content (AvgIpc) is 1.85. The average molecular weight is 156 g/mol. The van der Waals surface area contributed by atoms with Crippen molar-refractivity contribution < 1.29 is 0 Å². The van der Waals surface area contributed by atoms with Crippen LogP contribution in [0.15, 0.2) is 0 Å². The molecule has 1 unspecified atom stereocenters. The number of rotatable bonds is 5. The Morgan fingerprint density at radius 2 is 2.09 bits per heavy atom. The van der Waals surface area contributed by atoms with Crippen molar-refractivity contribution >= 4 is 0 Å². The lowest BCUT2D eigenvalue weighted by Gasteiger charge is -2.28. The Morgan fingerprint density at radius 3 is 2.55 bits per heavy atom. The molecule has 0 radical (unpaired) electrons. The molecule has 1 fully saturated rings. The number of hydrogen-bond acceptors (Lipinski definition) is 2. The van der Waals surface area contributed by atoms with Gasteiger partial charge in [-0.2, -0.15) is 0 Å². The van der Waals surface area contributed by atoms with Crippen LogP contribution in [0, 0.1) is 5.92 Å². The molecule has 0 aromatic heterocycles. The predicted molar refractivity (Wildman–Crippen MR) is 48.7 cm³/mol. The molecule has 1 aliphatic carbocycles. The summed E-state index contributed by atoms with van der Waals surface area (Å²) in [7, 11) is 2.01. The molecule has 0 heterocycles. The highest BCUT2D eigenvalue weighted by Crippen LogP contribution is 2.17. The van der Waals surface area contributed by atoms with Crippen LogP contribution < -0.4 is 10.6 Å². The van der Waals surface area contributed by atoms with Gasteiger partial charge in [-0.05, 0) is 38.9 Å². The molecule has 0 aromatic carbocycles. The molecule has 1 aliphatic rings. The van der Waals surface area contributed by atoms with Gasteiger partial charge in [0.1, 0.15) is 0 Å². The molecule has 0 spiro atoms. The van der Waals surface area contributed by atoms with E-state index in [9.17, 15) is 0 Å². The maximum Gasteiger partial charge on any atom is 0.00672 e. The Morgan fingerprint density at radius 1 is 1.36 bits per heavy atom. The molecule has 1 atom stereocenters. The molecule has 66 valence electrons. The van der Waals surface area contributed by atoms with Gasteiger partial charge in [0, 0.05) is 6.04 Å². The largest absolute Gasteiger partial charge is 0.319 e. The summed E-state index contributed by atoms with van der Waals surface area (Å²) in [5.74, 6) is 0.764. The van der Waals surface area contributed by atoms with Gasteiger partial charge in [-0.1, -0.05) is 13.3 Å². The quantitative estimate of drug-likeness (QED) is 0.620. The fourth-order valence-electron chi connectivity index (χ4n) is 1.40. The summed E-state index contributed by atoms with van der Waals surface area (Å²) >= 11 is 0. The van der Waals surface area contributed by atoms with Crippen LogP contribution in [0.2, 0.25) is 0 Å². The van der Waals surface area contributed by atoms with Crippen LogP contribution in [-0.2, 0) is 0 Å². The third-order valence-corrected chi connectivity index (χ3v) is 2.41. The lowest BCUT2D eigenvalue weighted by molar-refractivity contribution is 0.319. The second-order valence-electron chi connectivity index (χ2n) is 3.70. The summed E-state index contributed by atoms with van der Waals surface area (Å²) in [5.41, 5.74) is 0. The van der Waals surface area contributed by atoms with E-state index in [0.717, 1.165) is 18.5 Å². The van der Waals surface area contributed by atoms with Crippen LogP contribution in [0.25, 0.3) is 0 Å². The van der Waals surface area contributed by atoms with E-state index in [1.807, 2.05) is 7.05 Å². The first-order chi connectivity index (χ1) is 5.33. The molecular weight excluding hydrogens is 136 g/mol. The van der Waals surface area contributed by atoms with Gasteiger partial charge in [0.05, 0.1) is 0 Å². The summed E-state index contributed by atoms with van der Waals surface area (Å²) < 4.78 is 0. The third kappa shape index (κ3) is 3.21. The second kappa shape index (κ2) is 4.73.